The van der Waals surface area contributed by atoms with Crippen molar-refractivity contribution in [3.8, 4) is 12.1 Å². The molecule has 0 amide bonds. The molecule has 5 aliphatic heterocycles. The number of nitrogen functional groups attached to an aromatic ring is 1. The van der Waals surface area contributed by atoms with E-state index in [2.05, 4.69) is 33.8 Å². The number of alkyl halides is 1. The second kappa shape index (κ2) is 11.3. The van der Waals surface area contributed by atoms with Crippen LogP contribution in [0.4, 0.5) is 15.9 Å². The number of halogens is 1. The lowest BCUT2D eigenvalue weighted by molar-refractivity contribution is -0.0874. The molecule has 0 saturated carbocycles. The van der Waals surface area contributed by atoms with E-state index in [4.69, 9.17) is 29.9 Å². The molecule has 11 heteroatoms. The number of ether oxygens (including phenoxy) is 3. The van der Waals surface area contributed by atoms with Crippen LogP contribution in [0.1, 0.15) is 72.9 Å². The van der Waals surface area contributed by atoms with E-state index < -0.39 is 11.8 Å². The maximum absolute atomic E-state index is 14.5. The monoisotopic (exact) mass is 617 g/mol. The molecule has 45 heavy (non-hydrogen) atoms. The topological polar surface area (TPSA) is 113 Å². The van der Waals surface area contributed by atoms with Gasteiger partial charge in [0, 0.05) is 74.8 Å². The largest absolute Gasteiger partial charge is 0.461 e. The Bertz CT molecular complexity index is 1510. The van der Waals surface area contributed by atoms with Crippen LogP contribution in [-0.2, 0) is 28.1 Å². The third-order valence-electron chi connectivity index (χ3n) is 11.5. The molecule has 4 saturated heterocycles. The van der Waals surface area contributed by atoms with Crippen LogP contribution in [0.25, 0.3) is 0 Å². The first kappa shape index (κ1) is 29.4. The Morgan fingerprint density at radius 2 is 2.00 bits per heavy atom. The highest BCUT2D eigenvalue weighted by Crippen LogP contribution is 2.51. The zero-order valence-corrected chi connectivity index (χ0v) is 26.3. The Morgan fingerprint density at radius 1 is 1.16 bits per heavy atom. The number of nitriles is 1. The molecule has 8 rings (SSSR count). The van der Waals surface area contributed by atoms with Gasteiger partial charge in [-0.1, -0.05) is 13.0 Å². The summed E-state index contributed by atoms with van der Waals surface area (Å²) in [4.78, 5) is 17.2. The molecule has 1 aliphatic carbocycles. The average Bonchev–Trinajstić information content (AvgIpc) is 3.55. The van der Waals surface area contributed by atoms with Crippen molar-refractivity contribution in [1.29, 1.82) is 5.26 Å². The van der Waals surface area contributed by atoms with Crippen LogP contribution >= 0.6 is 0 Å². The highest BCUT2D eigenvalue weighted by Gasteiger charge is 2.50. The second-order valence-electron chi connectivity index (χ2n) is 14.3. The molecule has 240 valence electrons. The van der Waals surface area contributed by atoms with Gasteiger partial charge in [0.05, 0.1) is 36.6 Å². The number of hydrogen-bond acceptors (Lipinski definition) is 10. The van der Waals surface area contributed by atoms with Gasteiger partial charge in [0.15, 0.2) is 0 Å². The van der Waals surface area contributed by atoms with Gasteiger partial charge in [0.25, 0.3) is 0 Å². The fourth-order valence-electron chi connectivity index (χ4n) is 9.01. The third-order valence-corrected chi connectivity index (χ3v) is 11.5. The lowest BCUT2D eigenvalue weighted by atomic mass is 9.69. The van der Waals surface area contributed by atoms with Crippen LogP contribution in [0.2, 0.25) is 0 Å². The van der Waals surface area contributed by atoms with Crippen molar-refractivity contribution in [2.24, 2.45) is 5.92 Å². The maximum Gasteiger partial charge on any atom is 0.318 e. The van der Waals surface area contributed by atoms with Crippen molar-refractivity contribution in [3.05, 3.63) is 40.1 Å². The van der Waals surface area contributed by atoms with Gasteiger partial charge in [0.2, 0.25) is 0 Å². The standard InChI is InChI=1S/C34H44FN7O3/c1-22-5-7-34(30-25(22)3-4-28(37)26(30)15-36)14-29-27(20-45-34)31(41-17-23(18-41)16-40-9-11-43-12-10-40)39-32(38-29)44-21-33-6-2-8-42(33)19-24(35)13-33/h3-4,22-24H,2,5-14,16-21,37H2,1H3. The lowest BCUT2D eigenvalue weighted by Crippen LogP contribution is -2.54. The zero-order chi connectivity index (χ0) is 30.8. The first-order chi connectivity index (χ1) is 21.9. The molecule has 0 radical (unpaired) electrons. The van der Waals surface area contributed by atoms with Crippen LogP contribution in [0, 0.1) is 17.2 Å². The zero-order valence-electron chi connectivity index (χ0n) is 26.3. The van der Waals surface area contributed by atoms with Crippen molar-refractivity contribution >= 4 is 11.5 Å². The van der Waals surface area contributed by atoms with E-state index in [-0.39, 0.29) is 5.54 Å². The number of aromatic nitrogens is 2. The SMILES string of the molecule is CC1CCC2(Cc3nc(OCC45CCCN4CC(F)C5)nc(N4CC(CN5CCOCC5)C4)c3CO2)c2c1ccc(N)c2C#N. The number of fused-ring (bicyclic) bond motifs is 4. The molecule has 4 atom stereocenters. The van der Waals surface area contributed by atoms with Gasteiger partial charge in [-0.05, 0) is 49.8 Å². The summed E-state index contributed by atoms with van der Waals surface area (Å²) in [5.74, 6) is 1.76. The highest BCUT2D eigenvalue weighted by atomic mass is 19.1. The summed E-state index contributed by atoms with van der Waals surface area (Å²) in [5, 5.41) is 10.2. The Kier molecular flexibility index (Phi) is 7.40. The summed E-state index contributed by atoms with van der Waals surface area (Å²) in [6, 6.07) is 6.67. The second-order valence-corrected chi connectivity index (χ2v) is 14.3. The van der Waals surface area contributed by atoms with Gasteiger partial charge < -0.3 is 24.8 Å². The molecule has 2 N–H and O–H groups in total. The van der Waals surface area contributed by atoms with E-state index in [1.54, 1.807) is 0 Å². The van der Waals surface area contributed by atoms with E-state index in [0.29, 0.717) is 61.7 Å². The molecule has 6 heterocycles. The van der Waals surface area contributed by atoms with Gasteiger partial charge in [0.1, 0.15) is 30.3 Å². The van der Waals surface area contributed by atoms with E-state index in [9.17, 15) is 9.65 Å². The number of hydrogen-bond donors (Lipinski definition) is 1. The summed E-state index contributed by atoms with van der Waals surface area (Å²) in [5.41, 5.74) is 10.4. The predicted octanol–water partition coefficient (Wildman–Crippen LogP) is 3.52. The molecular weight excluding hydrogens is 573 g/mol. The molecule has 1 aromatic heterocycles. The molecule has 1 spiro atoms. The Balaban J connectivity index is 1.11. The summed E-state index contributed by atoms with van der Waals surface area (Å²) >= 11 is 0. The first-order valence-electron chi connectivity index (χ1n) is 16.8. The van der Waals surface area contributed by atoms with Crippen LogP contribution in [-0.4, -0.2) is 97.1 Å². The van der Waals surface area contributed by atoms with Crippen molar-refractivity contribution in [2.75, 3.05) is 76.3 Å². The Hall–Kier alpha value is -3.04. The third kappa shape index (κ3) is 5.05. The van der Waals surface area contributed by atoms with E-state index in [1.807, 2.05) is 6.07 Å². The summed E-state index contributed by atoms with van der Waals surface area (Å²) in [6.45, 7) is 10.9. The molecule has 1 aromatic carbocycles. The smallest absolute Gasteiger partial charge is 0.318 e. The minimum absolute atomic E-state index is 0.277. The Labute approximate surface area is 264 Å². The minimum Gasteiger partial charge on any atom is -0.461 e. The average molecular weight is 618 g/mol. The molecule has 6 aliphatic rings. The summed E-state index contributed by atoms with van der Waals surface area (Å²) in [6.07, 6.45) is 3.96. The number of nitrogens with zero attached hydrogens (tertiary/aromatic N) is 6. The van der Waals surface area contributed by atoms with Gasteiger partial charge in [-0.3, -0.25) is 9.80 Å². The summed E-state index contributed by atoms with van der Waals surface area (Å²) in [7, 11) is 0. The van der Waals surface area contributed by atoms with Crippen molar-refractivity contribution in [1.82, 2.24) is 19.8 Å². The van der Waals surface area contributed by atoms with Gasteiger partial charge >= 0.3 is 6.01 Å². The molecule has 10 nitrogen and oxygen atoms in total. The quantitative estimate of drug-likeness (QED) is 0.483. The molecule has 4 fully saturated rings. The maximum atomic E-state index is 14.5. The number of nitrogens with two attached hydrogens (primary N) is 1. The van der Waals surface area contributed by atoms with E-state index >= 15 is 0 Å². The van der Waals surface area contributed by atoms with Crippen molar-refractivity contribution < 1.29 is 18.6 Å². The van der Waals surface area contributed by atoms with Crippen LogP contribution in [0.15, 0.2) is 12.1 Å². The van der Waals surface area contributed by atoms with E-state index in [1.165, 1.54) is 0 Å². The first-order valence-corrected chi connectivity index (χ1v) is 16.8. The molecule has 0 bridgehead atoms. The number of anilines is 2. The van der Waals surface area contributed by atoms with Crippen LogP contribution < -0.4 is 15.4 Å². The molecular formula is C34H44FN7O3. The van der Waals surface area contributed by atoms with Gasteiger partial charge in [-0.2, -0.15) is 15.2 Å². The van der Waals surface area contributed by atoms with Gasteiger partial charge in [-0.25, -0.2) is 4.39 Å². The number of benzene rings is 1. The van der Waals surface area contributed by atoms with Crippen LogP contribution in [0.5, 0.6) is 6.01 Å². The molecule has 2 aromatic rings. The van der Waals surface area contributed by atoms with Crippen molar-refractivity contribution in [3.63, 3.8) is 0 Å². The Morgan fingerprint density at radius 3 is 2.82 bits per heavy atom. The van der Waals surface area contributed by atoms with E-state index in [0.717, 1.165) is 106 Å². The fraction of sp³-hybridized carbons (Fsp3) is 0.676. The summed E-state index contributed by atoms with van der Waals surface area (Å²) < 4.78 is 33.3. The predicted molar refractivity (Wildman–Crippen MR) is 167 cm³/mol. The normalized spacial score (nSPS) is 31.7. The number of rotatable bonds is 6. The van der Waals surface area contributed by atoms with Crippen LogP contribution in [0.3, 0.4) is 0 Å². The molecule has 4 unspecified atom stereocenters. The highest BCUT2D eigenvalue weighted by molar-refractivity contribution is 5.64. The number of morpholine rings is 1. The minimum atomic E-state index is -0.814. The van der Waals surface area contributed by atoms with Gasteiger partial charge in [-0.15, -0.1) is 0 Å². The fourth-order valence-corrected chi connectivity index (χ4v) is 9.01. The van der Waals surface area contributed by atoms with Crippen molar-refractivity contribution in [2.45, 2.75) is 75.3 Å². The lowest BCUT2D eigenvalue weighted by Gasteiger charge is -2.47.